The van der Waals surface area contributed by atoms with Crippen molar-refractivity contribution in [2.75, 3.05) is 28.4 Å². The molecular formula is C32H38BBrN8O10. The van der Waals surface area contributed by atoms with Crippen molar-refractivity contribution in [3.8, 4) is 34.4 Å². The minimum Gasteiger partial charge on any atom is -0.493 e. The topological polar surface area (TPSA) is 201 Å². The number of imidazole rings is 2. The molecule has 20 heteroatoms. The third-order valence-corrected chi connectivity index (χ3v) is 8.95. The number of methoxy groups -OCH3 is 4. The van der Waals surface area contributed by atoms with Gasteiger partial charge in [-0.25, -0.2) is 19.6 Å². The summed E-state index contributed by atoms with van der Waals surface area (Å²) in [7, 11) is 14.2. The predicted molar refractivity (Wildman–Crippen MR) is 198 cm³/mol. The van der Waals surface area contributed by atoms with E-state index in [4.69, 9.17) is 29.0 Å². The normalized spacial score (nSPS) is 10.7. The molecule has 0 saturated carbocycles. The van der Waals surface area contributed by atoms with Gasteiger partial charge in [0.1, 0.15) is 5.82 Å². The summed E-state index contributed by atoms with van der Waals surface area (Å²) in [5.41, 5.74) is 1.12. The number of ether oxygens (including phenoxy) is 4. The van der Waals surface area contributed by atoms with E-state index in [2.05, 4.69) is 25.9 Å². The number of hydrogen-bond acceptors (Lipinski definition) is 12. The van der Waals surface area contributed by atoms with E-state index in [9.17, 15) is 19.2 Å². The van der Waals surface area contributed by atoms with E-state index >= 15 is 0 Å². The van der Waals surface area contributed by atoms with Gasteiger partial charge in [-0.1, -0.05) is 6.07 Å². The zero-order valence-electron chi connectivity index (χ0n) is 30.2. The lowest BCUT2D eigenvalue weighted by Crippen LogP contribution is -2.37. The molecule has 4 aromatic heterocycles. The van der Waals surface area contributed by atoms with Crippen LogP contribution < -0.4 is 46.9 Å². The Bertz CT molecular complexity index is 2530. The average molecular weight is 785 g/mol. The summed E-state index contributed by atoms with van der Waals surface area (Å²) in [5.74, 6) is 2.76. The van der Waals surface area contributed by atoms with Gasteiger partial charge in [0.2, 0.25) is 0 Å². The lowest BCUT2D eigenvalue weighted by Gasteiger charge is -2.09. The van der Waals surface area contributed by atoms with E-state index < -0.39 is 12.8 Å². The summed E-state index contributed by atoms with van der Waals surface area (Å²) in [5, 5.41) is 17.7. The molecule has 0 bridgehead atoms. The molecular weight excluding hydrogens is 747 g/mol. The molecule has 0 unspecified atom stereocenters. The second-order valence-corrected chi connectivity index (χ2v) is 12.0. The molecule has 6 aromatic rings. The highest BCUT2D eigenvalue weighted by Crippen LogP contribution is 2.32. The number of halogens is 1. The van der Waals surface area contributed by atoms with Crippen molar-refractivity contribution in [1.29, 1.82) is 0 Å². The van der Waals surface area contributed by atoms with Gasteiger partial charge in [-0.05, 0) is 51.7 Å². The molecule has 0 aliphatic rings. The van der Waals surface area contributed by atoms with Crippen LogP contribution in [0.15, 0.2) is 60.3 Å². The highest BCUT2D eigenvalue weighted by molar-refractivity contribution is 9.10. The minimum absolute atomic E-state index is 0.339. The number of aryl methyl sites for hydroxylation is 4. The highest BCUT2D eigenvalue weighted by Gasteiger charge is 2.19. The fourth-order valence-corrected chi connectivity index (χ4v) is 5.60. The van der Waals surface area contributed by atoms with Crippen molar-refractivity contribution >= 4 is 50.8 Å². The van der Waals surface area contributed by atoms with Gasteiger partial charge in [0.25, 0.3) is 11.1 Å². The number of nitrogens with zero attached hydrogens (tertiary/aromatic N) is 8. The first-order chi connectivity index (χ1) is 24.5. The van der Waals surface area contributed by atoms with Crippen LogP contribution in [-0.4, -0.2) is 83.0 Å². The van der Waals surface area contributed by atoms with E-state index in [-0.39, 0.29) is 16.8 Å². The zero-order valence-corrected chi connectivity index (χ0v) is 31.7. The smallest absolute Gasteiger partial charge is 0.488 e. The van der Waals surface area contributed by atoms with E-state index in [0.717, 1.165) is 14.7 Å². The molecule has 0 spiro atoms. The fraction of sp³-hybridized carbons (Fsp3) is 0.312. The summed E-state index contributed by atoms with van der Waals surface area (Å²) in [6.45, 7) is 0. The van der Waals surface area contributed by atoms with Crippen molar-refractivity contribution in [1.82, 2.24) is 37.4 Å². The molecule has 0 aliphatic carbocycles. The molecule has 18 nitrogen and oxygen atoms in total. The molecule has 52 heavy (non-hydrogen) atoms. The average Bonchev–Trinajstić information content (AvgIpc) is 3.66. The van der Waals surface area contributed by atoms with Gasteiger partial charge in [0.15, 0.2) is 50.1 Å². The van der Waals surface area contributed by atoms with Gasteiger partial charge in [0.05, 0.1) is 28.4 Å². The maximum Gasteiger partial charge on any atom is 0.488 e. The van der Waals surface area contributed by atoms with Gasteiger partial charge < -0.3 is 38.1 Å². The Morgan fingerprint density at radius 3 is 1.50 bits per heavy atom. The number of hydrogen-bond donors (Lipinski definition) is 2. The lowest BCUT2D eigenvalue weighted by atomic mass is 9.80. The van der Waals surface area contributed by atoms with Crippen LogP contribution in [0.2, 0.25) is 0 Å². The fourth-order valence-electron chi connectivity index (χ4n) is 5.26. The van der Waals surface area contributed by atoms with Gasteiger partial charge in [-0.2, -0.15) is 0 Å². The number of fused-ring (bicyclic) bond motifs is 2. The van der Waals surface area contributed by atoms with E-state index in [0.29, 0.717) is 61.3 Å². The Kier molecular flexibility index (Phi) is 11.9. The highest BCUT2D eigenvalue weighted by atomic mass is 79.9. The van der Waals surface area contributed by atoms with Gasteiger partial charge in [-0.15, -0.1) is 0 Å². The zero-order chi connectivity index (χ0) is 38.8. The standard InChI is InChI=1S/C16H18N4O4.C8H11BO4.C8H9BrN4O2/c1-18-12-14(19(2)16(22)20(3)15(12)21)17-13(18)9-6-7-10(23-4)11(8-9)24-5;1-12-7-4-3-6(9(10)11)5-8(7)13-2;1-11-4-5(10-7(11)9)12(2)8(15)13(3)6(4)14/h6-8H,1-5H3;3-5,10-11H,1-2H3;1-3H3. The van der Waals surface area contributed by atoms with Crippen molar-refractivity contribution < 1.29 is 29.0 Å². The molecule has 0 radical (unpaired) electrons. The molecule has 0 amide bonds. The SMILES string of the molecule is COc1ccc(-c2nc3c(c(=O)n(C)c(=O)n3C)n2C)cc1OC.COc1ccc(B(O)O)cc1OC.Cn1c(=O)c2c(nc(Br)n2C)n(C)c1=O. The molecule has 0 atom stereocenters. The van der Waals surface area contributed by atoms with Crippen LogP contribution in [0.1, 0.15) is 0 Å². The monoisotopic (exact) mass is 784 g/mol. The molecule has 0 saturated heterocycles. The summed E-state index contributed by atoms with van der Waals surface area (Å²) in [6, 6.07) is 10.1. The van der Waals surface area contributed by atoms with Crippen molar-refractivity contribution in [2.45, 2.75) is 0 Å². The van der Waals surface area contributed by atoms with E-state index in [1.165, 1.54) is 43.5 Å². The van der Waals surface area contributed by atoms with Crippen molar-refractivity contribution in [3.63, 3.8) is 0 Å². The maximum atomic E-state index is 12.4. The van der Waals surface area contributed by atoms with Crippen LogP contribution in [0.25, 0.3) is 33.7 Å². The Morgan fingerprint density at radius 1 is 0.577 bits per heavy atom. The molecule has 0 fully saturated rings. The van der Waals surface area contributed by atoms with Gasteiger partial charge in [0, 0.05) is 47.8 Å². The number of benzene rings is 2. The third kappa shape index (κ3) is 7.12. The largest absolute Gasteiger partial charge is 0.493 e. The summed E-state index contributed by atoms with van der Waals surface area (Å²) < 4.78 is 29.2. The molecule has 0 aliphatic heterocycles. The van der Waals surface area contributed by atoms with Crippen molar-refractivity contribution in [3.05, 3.63) is 82.8 Å². The summed E-state index contributed by atoms with van der Waals surface area (Å²) in [6.07, 6.45) is 0. The number of rotatable bonds is 6. The first kappa shape index (κ1) is 39.2. The van der Waals surface area contributed by atoms with Crippen LogP contribution in [0.4, 0.5) is 0 Å². The predicted octanol–water partition coefficient (Wildman–Crippen LogP) is -0.228. The van der Waals surface area contributed by atoms with Crippen molar-refractivity contribution in [2.24, 2.45) is 42.3 Å². The first-order valence-corrected chi connectivity index (χ1v) is 16.0. The summed E-state index contributed by atoms with van der Waals surface area (Å²) >= 11 is 3.21. The third-order valence-electron chi connectivity index (χ3n) is 8.24. The van der Waals surface area contributed by atoms with Crippen LogP contribution in [0.5, 0.6) is 23.0 Å². The van der Waals surface area contributed by atoms with Gasteiger partial charge in [-0.3, -0.25) is 27.9 Å². The molecule has 276 valence electrons. The maximum absolute atomic E-state index is 12.4. The molecule has 4 heterocycles. The first-order valence-electron chi connectivity index (χ1n) is 15.2. The second-order valence-electron chi connectivity index (χ2n) is 11.2. The Balaban J connectivity index is 0.000000186. The van der Waals surface area contributed by atoms with E-state index in [1.807, 2.05) is 6.07 Å². The second kappa shape index (κ2) is 15.7. The molecule has 6 rings (SSSR count). The van der Waals surface area contributed by atoms with Gasteiger partial charge >= 0.3 is 18.5 Å². The van der Waals surface area contributed by atoms with E-state index in [1.54, 1.807) is 75.8 Å². The number of aromatic nitrogens is 8. The Morgan fingerprint density at radius 2 is 1.02 bits per heavy atom. The summed E-state index contributed by atoms with van der Waals surface area (Å²) in [4.78, 5) is 56.5. The van der Waals surface area contributed by atoms with Crippen LogP contribution in [0, 0.1) is 0 Å². The Hall–Kier alpha value is -5.60. The molecule has 2 aromatic carbocycles. The van der Waals surface area contributed by atoms with Crippen LogP contribution >= 0.6 is 15.9 Å². The lowest BCUT2D eigenvalue weighted by molar-refractivity contribution is 0.355. The minimum atomic E-state index is -1.49. The molecule has 2 N–H and O–H groups in total. The van der Waals surface area contributed by atoms with Crippen LogP contribution in [0.3, 0.4) is 0 Å². The van der Waals surface area contributed by atoms with Crippen LogP contribution in [-0.2, 0) is 42.3 Å². The Labute approximate surface area is 304 Å². The quantitative estimate of drug-likeness (QED) is 0.166.